The van der Waals surface area contributed by atoms with Crippen LogP contribution in [0.25, 0.3) is 0 Å². The third-order valence-electron chi connectivity index (χ3n) is 3.37. The summed E-state index contributed by atoms with van der Waals surface area (Å²) >= 11 is 2.03. The van der Waals surface area contributed by atoms with Gasteiger partial charge in [0, 0.05) is 22.7 Å². The molecule has 0 spiro atoms. The van der Waals surface area contributed by atoms with Crippen molar-refractivity contribution in [1.82, 2.24) is 0 Å². The molecule has 0 aliphatic carbocycles. The summed E-state index contributed by atoms with van der Waals surface area (Å²) in [5.74, 6) is 1.27. The van der Waals surface area contributed by atoms with Crippen LogP contribution >= 0.6 is 11.8 Å². The summed E-state index contributed by atoms with van der Waals surface area (Å²) in [7, 11) is 0. The van der Waals surface area contributed by atoms with Crippen LogP contribution in [0.15, 0.2) is 24.3 Å². The molecule has 0 radical (unpaired) electrons. The maximum atomic E-state index is 11.3. The summed E-state index contributed by atoms with van der Waals surface area (Å²) in [6, 6.07) is 8.29. The summed E-state index contributed by atoms with van der Waals surface area (Å²) < 4.78 is 4.84. The number of benzene rings is 1. The summed E-state index contributed by atoms with van der Waals surface area (Å²) in [6.07, 6.45) is 2.08. The van der Waals surface area contributed by atoms with Crippen LogP contribution in [0.4, 0.5) is 16.2 Å². The molecule has 20 heavy (non-hydrogen) atoms. The van der Waals surface area contributed by atoms with Gasteiger partial charge in [-0.2, -0.15) is 11.8 Å². The van der Waals surface area contributed by atoms with Gasteiger partial charge in [0.05, 0.1) is 6.61 Å². The van der Waals surface area contributed by atoms with E-state index in [4.69, 9.17) is 4.74 Å². The number of thioether (sulfide) groups is 1. The molecular formula is C15H22N2O2S. The molecule has 1 amide bonds. The molecule has 0 saturated carbocycles. The first-order chi connectivity index (χ1) is 9.69. The van der Waals surface area contributed by atoms with Crippen LogP contribution in [-0.4, -0.2) is 29.7 Å². The monoisotopic (exact) mass is 294 g/mol. The number of rotatable bonds is 4. The number of hydrogen-bond donors (Lipinski definition) is 2. The molecule has 1 aliphatic rings. The summed E-state index contributed by atoms with van der Waals surface area (Å²) in [6.45, 7) is 4.44. The van der Waals surface area contributed by atoms with Crippen molar-refractivity contribution >= 4 is 29.2 Å². The zero-order chi connectivity index (χ0) is 14.4. The molecule has 1 aliphatic heterocycles. The highest BCUT2D eigenvalue weighted by atomic mass is 32.2. The lowest BCUT2D eigenvalue weighted by atomic mass is 10.1. The molecule has 1 aromatic rings. The number of carbonyl (C=O) groups is 1. The summed E-state index contributed by atoms with van der Waals surface area (Å²) in [5, 5.41) is 6.90. The Morgan fingerprint density at radius 1 is 1.35 bits per heavy atom. The molecule has 110 valence electrons. The molecule has 2 N–H and O–H groups in total. The number of nitrogens with one attached hydrogen (secondary N) is 2. The van der Waals surface area contributed by atoms with Crippen LogP contribution in [0.5, 0.6) is 0 Å². The standard InChI is InChI=1S/C15H22N2O2S/c1-3-19-15(18)17-13-8-6-12(7-9-13)16-14-5-4-10-20-11(14)2/h6-9,11,14,16H,3-5,10H2,1-2H3,(H,17,18). The zero-order valence-corrected chi connectivity index (χ0v) is 12.8. The minimum Gasteiger partial charge on any atom is -0.450 e. The summed E-state index contributed by atoms with van der Waals surface area (Å²) in [4.78, 5) is 11.3. The lowest BCUT2D eigenvalue weighted by Crippen LogP contribution is -2.32. The Labute approximate surface area is 124 Å². The van der Waals surface area contributed by atoms with E-state index >= 15 is 0 Å². The van der Waals surface area contributed by atoms with Crippen LogP contribution in [0.2, 0.25) is 0 Å². The Morgan fingerprint density at radius 3 is 2.70 bits per heavy atom. The molecule has 2 unspecified atom stereocenters. The molecule has 2 rings (SSSR count). The first-order valence-electron chi connectivity index (χ1n) is 7.11. The van der Waals surface area contributed by atoms with Gasteiger partial charge in [0.25, 0.3) is 0 Å². The third kappa shape index (κ3) is 4.34. The molecule has 1 saturated heterocycles. The molecule has 1 aromatic carbocycles. The second-order valence-corrected chi connectivity index (χ2v) is 6.38. The fraction of sp³-hybridized carbons (Fsp3) is 0.533. The SMILES string of the molecule is CCOC(=O)Nc1ccc(NC2CCCSC2C)cc1. The Balaban J connectivity index is 1.89. The van der Waals surface area contributed by atoms with Gasteiger partial charge in [0.2, 0.25) is 0 Å². The van der Waals surface area contributed by atoms with E-state index in [0.717, 1.165) is 11.4 Å². The summed E-state index contributed by atoms with van der Waals surface area (Å²) in [5.41, 5.74) is 1.85. The Kier molecular flexibility index (Phi) is 5.59. The van der Waals surface area contributed by atoms with Crippen molar-refractivity contribution in [3.8, 4) is 0 Å². The Hall–Kier alpha value is -1.36. The van der Waals surface area contributed by atoms with Crippen LogP contribution in [0.1, 0.15) is 26.7 Å². The highest BCUT2D eigenvalue weighted by Gasteiger charge is 2.21. The van der Waals surface area contributed by atoms with E-state index in [2.05, 4.69) is 17.6 Å². The lowest BCUT2D eigenvalue weighted by molar-refractivity contribution is 0.168. The molecule has 4 nitrogen and oxygen atoms in total. The van der Waals surface area contributed by atoms with E-state index < -0.39 is 6.09 Å². The average molecular weight is 294 g/mol. The van der Waals surface area contributed by atoms with Gasteiger partial charge in [-0.05, 0) is 49.8 Å². The van der Waals surface area contributed by atoms with Crippen molar-refractivity contribution < 1.29 is 9.53 Å². The minimum absolute atomic E-state index is 0.378. The molecule has 5 heteroatoms. The van der Waals surface area contributed by atoms with Gasteiger partial charge >= 0.3 is 6.09 Å². The molecule has 0 aromatic heterocycles. The smallest absolute Gasteiger partial charge is 0.411 e. The molecule has 1 heterocycles. The van der Waals surface area contributed by atoms with Gasteiger partial charge < -0.3 is 10.1 Å². The quantitative estimate of drug-likeness (QED) is 0.883. The number of hydrogen-bond acceptors (Lipinski definition) is 4. The second-order valence-electron chi connectivity index (χ2n) is 4.89. The third-order valence-corrected chi connectivity index (χ3v) is 4.74. The minimum atomic E-state index is -0.412. The van der Waals surface area contributed by atoms with Crippen molar-refractivity contribution in [1.29, 1.82) is 0 Å². The van der Waals surface area contributed by atoms with Gasteiger partial charge in [-0.15, -0.1) is 0 Å². The maximum Gasteiger partial charge on any atom is 0.411 e. The van der Waals surface area contributed by atoms with Gasteiger partial charge in [0.1, 0.15) is 0 Å². The molecule has 2 atom stereocenters. The lowest BCUT2D eigenvalue weighted by Gasteiger charge is -2.30. The fourth-order valence-electron chi connectivity index (χ4n) is 2.26. The van der Waals surface area contributed by atoms with E-state index in [-0.39, 0.29) is 0 Å². The van der Waals surface area contributed by atoms with E-state index in [1.807, 2.05) is 36.0 Å². The normalized spacial score (nSPS) is 22.1. The predicted molar refractivity (Wildman–Crippen MR) is 85.7 cm³/mol. The predicted octanol–water partition coefficient (Wildman–Crippen LogP) is 3.95. The van der Waals surface area contributed by atoms with Gasteiger partial charge in [-0.1, -0.05) is 6.92 Å². The van der Waals surface area contributed by atoms with Crippen LogP contribution in [0.3, 0.4) is 0 Å². The van der Waals surface area contributed by atoms with Crippen molar-refractivity contribution in [2.45, 2.75) is 38.0 Å². The van der Waals surface area contributed by atoms with E-state index in [0.29, 0.717) is 17.9 Å². The van der Waals surface area contributed by atoms with Crippen LogP contribution < -0.4 is 10.6 Å². The van der Waals surface area contributed by atoms with E-state index in [1.165, 1.54) is 18.6 Å². The number of carbonyl (C=O) groups excluding carboxylic acids is 1. The first-order valence-corrected chi connectivity index (χ1v) is 8.16. The van der Waals surface area contributed by atoms with Gasteiger partial charge in [0.15, 0.2) is 0 Å². The largest absolute Gasteiger partial charge is 0.450 e. The Bertz CT molecular complexity index is 436. The topological polar surface area (TPSA) is 50.4 Å². The van der Waals surface area contributed by atoms with Crippen LogP contribution in [0, 0.1) is 0 Å². The van der Waals surface area contributed by atoms with Crippen molar-refractivity contribution in [2.24, 2.45) is 0 Å². The zero-order valence-electron chi connectivity index (χ0n) is 12.0. The van der Waals surface area contributed by atoms with Crippen LogP contribution in [-0.2, 0) is 4.74 Å². The maximum absolute atomic E-state index is 11.3. The Morgan fingerprint density at radius 2 is 2.05 bits per heavy atom. The first kappa shape index (κ1) is 15.0. The van der Waals surface area contributed by atoms with E-state index in [1.54, 1.807) is 6.92 Å². The average Bonchev–Trinajstić information content (AvgIpc) is 2.44. The second kappa shape index (κ2) is 7.43. The van der Waals surface area contributed by atoms with Crippen molar-refractivity contribution in [3.05, 3.63) is 24.3 Å². The highest BCUT2D eigenvalue weighted by Crippen LogP contribution is 2.28. The number of amides is 1. The molecular weight excluding hydrogens is 272 g/mol. The van der Waals surface area contributed by atoms with Gasteiger partial charge in [-0.25, -0.2) is 4.79 Å². The van der Waals surface area contributed by atoms with Gasteiger partial charge in [-0.3, -0.25) is 5.32 Å². The number of anilines is 2. The highest BCUT2D eigenvalue weighted by molar-refractivity contribution is 8.00. The van der Waals surface area contributed by atoms with E-state index in [9.17, 15) is 4.79 Å². The number of ether oxygens (including phenoxy) is 1. The van der Waals surface area contributed by atoms with Crippen molar-refractivity contribution in [2.75, 3.05) is 23.0 Å². The molecule has 0 bridgehead atoms. The fourth-order valence-corrected chi connectivity index (χ4v) is 3.40. The van der Waals surface area contributed by atoms with Crippen molar-refractivity contribution in [3.63, 3.8) is 0 Å². The molecule has 1 fully saturated rings.